The largest absolute Gasteiger partial charge is 0.370 e. The molecule has 20 heavy (non-hydrogen) atoms. The van der Waals surface area contributed by atoms with Crippen LogP contribution in [-0.4, -0.2) is 16.2 Å². The fourth-order valence-corrected chi connectivity index (χ4v) is 2.36. The molecule has 0 spiro atoms. The Bertz CT molecular complexity index is 618. The van der Waals surface area contributed by atoms with Crippen LogP contribution in [0, 0.1) is 13.8 Å². The number of aryl methyl sites for hydroxylation is 3. The topological polar surface area (TPSA) is 76.2 Å². The fraction of sp³-hybridized carbons (Fsp3) is 0.357. The molecule has 0 aliphatic carbocycles. The van der Waals surface area contributed by atoms with Gasteiger partial charge in [-0.05, 0) is 43.5 Å². The van der Waals surface area contributed by atoms with Crippen LogP contribution in [0.5, 0.6) is 0 Å². The minimum Gasteiger partial charge on any atom is -0.370 e. The summed E-state index contributed by atoms with van der Waals surface area (Å²) in [6.07, 6.45) is 0.901. The normalized spacial score (nSPS) is 11.7. The molecule has 0 amide bonds. The highest BCUT2D eigenvalue weighted by Crippen LogP contribution is 2.14. The van der Waals surface area contributed by atoms with Gasteiger partial charge < -0.3 is 11.1 Å². The summed E-state index contributed by atoms with van der Waals surface area (Å²) in [7, 11) is 0. The molecule has 0 bridgehead atoms. The summed E-state index contributed by atoms with van der Waals surface area (Å²) in [6, 6.07) is 6.10. The molecule has 0 unspecified atom stereocenters. The molecule has 6 heteroatoms. The van der Waals surface area contributed by atoms with Crippen molar-refractivity contribution in [3.05, 3.63) is 39.3 Å². The second-order valence-corrected chi connectivity index (χ2v) is 5.72. The van der Waals surface area contributed by atoms with Crippen molar-refractivity contribution in [2.24, 2.45) is 10.7 Å². The third kappa shape index (κ3) is 3.77. The lowest BCUT2D eigenvalue weighted by Gasteiger charge is -2.07. The number of hydrogen-bond acceptors (Lipinski definition) is 4. The first-order chi connectivity index (χ1) is 9.58. The molecule has 0 fully saturated rings. The van der Waals surface area contributed by atoms with Crippen molar-refractivity contribution in [1.29, 1.82) is 0 Å². The second kappa shape index (κ2) is 6.47. The average Bonchev–Trinajstić information content (AvgIpc) is 2.89. The fourth-order valence-electron chi connectivity index (χ4n) is 1.65. The van der Waals surface area contributed by atoms with E-state index in [2.05, 4.69) is 53.4 Å². The number of rotatable bonds is 4. The molecule has 2 aromatic rings. The highest BCUT2D eigenvalue weighted by atomic mass is 32.1. The van der Waals surface area contributed by atoms with Gasteiger partial charge in [-0.25, -0.2) is 4.99 Å². The van der Waals surface area contributed by atoms with Crippen molar-refractivity contribution in [3.63, 3.8) is 0 Å². The molecule has 0 radical (unpaired) electrons. The first-order valence-corrected chi connectivity index (χ1v) is 7.35. The van der Waals surface area contributed by atoms with Crippen molar-refractivity contribution < 1.29 is 0 Å². The van der Waals surface area contributed by atoms with Crippen LogP contribution in [0.1, 0.15) is 28.1 Å². The number of aliphatic imine (C=N–C) groups is 1. The molecule has 0 aliphatic heterocycles. The van der Waals surface area contributed by atoms with Crippen LogP contribution in [-0.2, 0) is 13.0 Å². The Morgan fingerprint density at radius 1 is 1.25 bits per heavy atom. The van der Waals surface area contributed by atoms with Gasteiger partial charge in [0, 0.05) is 5.69 Å². The van der Waals surface area contributed by atoms with E-state index in [0.717, 1.165) is 22.1 Å². The van der Waals surface area contributed by atoms with E-state index in [-0.39, 0.29) is 0 Å². The van der Waals surface area contributed by atoms with Crippen molar-refractivity contribution in [2.45, 2.75) is 33.7 Å². The van der Waals surface area contributed by atoms with Crippen LogP contribution < -0.4 is 11.1 Å². The molecule has 0 saturated heterocycles. The predicted octanol–water partition coefficient (Wildman–Crippen LogP) is 2.64. The van der Waals surface area contributed by atoms with E-state index in [4.69, 9.17) is 5.73 Å². The van der Waals surface area contributed by atoms with Crippen LogP contribution >= 0.6 is 11.3 Å². The zero-order valence-corrected chi connectivity index (χ0v) is 12.8. The number of benzene rings is 1. The lowest BCUT2D eigenvalue weighted by molar-refractivity contribution is 0.921. The third-order valence-electron chi connectivity index (χ3n) is 2.98. The summed E-state index contributed by atoms with van der Waals surface area (Å²) in [5, 5.41) is 13.1. The first-order valence-electron chi connectivity index (χ1n) is 6.54. The standard InChI is InChI=1S/C14H19N5S/c1-4-12-18-19-13(20-12)8-16-14(15)17-11-6-5-9(2)10(3)7-11/h5-7H,4,8H2,1-3H3,(H3,15,16,17). The quantitative estimate of drug-likeness (QED) is 0.670. The maximum Gasteiger partial charge on any atom is 0.193 e. The average molecular weight is 289 g/mol. The number of nitrogens with two attached hydrogens (primary N) is 1. The number of guanidine groups is 1. The highest BCUT2D eigenvalue weighted by Gasteiger charge is 2.02. The summed E-state index contributed by atoms with van der Waals surface area (Å²) < 4.78 is 0. The van der Waals surface area contributed by atoms with Crippen LogP contribution in [0.25, 0.3) is 0 Å². The Labute approximate surface area is 123 Å². The molecule has 1 aromatic carbocycles. The van der Waals surface area contributed by atoms with E-state index in [0.29, 0.717) is 12.5 Å². The van der Waals surface area contributed by atoms with Gasteiger partial charge in [-0.3, -0.25) is 0 Å². The molecule has 3 N–H and O–H groups in total. The smallest absolute Gasteiger partial charge is 0.193 e. The van der Waals surface area contributed by atoms with Crippen molar-refractivity contribution >= 4 is 23.0 Å². The molecule has 5 nitrogen and oxygen atoms in total. The molecule has 2 rings (SSSR count). The SMILES string of the molecule is CCc1nnc(CN=C(N)Nc2ccc(C)c(C)c2)s1. The maximum atomic E-state index is 5.88. The zero-order chi connectivity index (χ0) is 14.5. The molecule has 0 atom stereocenters. The molecule has 106 valence electrons. The Morgan fingerprint density at radius 2 is 2.00 bits per heavy atom. The monoisotopic (exact) mass is 289 g/mol. The first kappa shape index (κ1) is 14.5. The van der Waals surface area contributed by atoms with E-state index < -0.39 is 0 Å². The predicted molar refractivity (Wildman–Crippen MR) is 84.2 cm³/mol. The number of aromatic nitrogens is 2. The summed E-state index contributed by atoms with van der Waals surface area (Å²) in [5.41, 5.74) is 9.30. The van der Waals surface area contributed by atoms with Gasteiger partial charge in [0.1, 0.15) is 10.0 Å². The van der Waals surface area contributed by atoms with Gasteiger partial charge >= 0.3 is 0 Å². The van der Waals surface area contributed by atoms with Gasteiger partial charge in [-0.1, -0.05) is 24.3 Å². The molecule has 1 heterocycles. The van der Waals surface area contributed by atoms with E-state index in [1.54, 1.807) is 11.3 Å². The minimum atomic E-state index is 0.390. The van der Waals surface area contributed by atoms with Gasteiger partial charge in [0.15, 0.2) is 5.96 Å². The van der Waals surface area contributed by atoms with Gasteiger partial charge in [-0.15, -0.1) is 10.2 Å². The van der Waals surface area contributed by atoms with Crippen molar-refractivity contribution in [2.75, 3.05) is 5.32 Å². The molecule has 0 aliphatic rings. The van der Waals surface area contributed by atoms with Crippen molar-refractivity contribution in [1.82, 2.24) is 10.2 Å². The number of hydrogen-bond donors (Lipinski definition) is 2. The van der Waals surface area contributed by atoms with E-state index >= 15 is 0 Å². The van der Waals surface area contributed by atoms with Crippen LogP contribution in [0.15, 0.2) is 23.2 Å². The number of nitrogens with one attached hydrogen (secondary N) is 1. The van der Waals surface area contributed by atoms with E-state index in [1.165, 1.54) is 11.1 Å². The van der Waals surface area contributed by atoms with Crippen LogP contribution in [0.2, 0.25) is 0 Å². The van der Waals surface area contributed by atoms with Crippen molar-refractivity contribution in [3.8, 4) is 0 Å². The van der Waals surface area contributed by atoms with Gasteiger partial charge in [-0.2, -0.15) is 0 Å². The zero-order valence-electron chi connectivity index (χ0n) is 12.0. The molecular formula is C14H19N5S. The molecular weight excluding hydrogens is 270 g/mol. The van der Waals surface area contributed by atoms with E-state index in [9.17, 15) is 0 Å². The Kier molecular flexibility index (Phi) is 4.68. The summed E-state index contributed by atoms with van der Waals surface area (Å²) in [5.74, 6) is 0.390. The molecule has 0 saturated carbocycles. The maximum absolute atomic E-state index is 5.88. The summed E-state index contributed by atoms with van der Waals surface area (Å²) >= 11 is 1.57. The lowest BCUT2D eigenvalue weighted by Crippen LogP contribution is -2.22. The lowest BCUT2D eigenvalue weighted by atomic mass is 10.1. The second-order valence-electron chi connectivity index (χ2n) is 4.57. The summed E-state index contributed by atoms with van der Waals surface area (Å²) in [4.78, 5) is 4.28. The van der Waals surface area contributed by atoms with Gasteiger partial charge in [0.2, 0.25) is 0 Å². The Balaban J connectivity index is 1.98. The van der Waals surface area contributed by atoms with E-state index in [1.807, 2.05) is 6.07 Å². The highest BCUT2D eigenvalue weighted by molar-refractivity contribution is 7.11. The number of nitrogens with zero attached hydrogens (tertiary/aromatic N) is 3. The minimum absolute atomic E-state index is 0.390. The summed E-state index contributed by atoms with van der Waals surface area (Å²) in [6.45, 7) is 6.67. The van der Waals surface area contributed by atoms with Crippen LogP contribution in [0.4, 0.5) is 5.69 Å². The number of anilines is 1. The Morgan fingerprint density at radius 3 is 2.65 bits per heavy atom. The van der Waals surface area contributed by atoms with Crippen LogP contribution in [0.3, 0.4) is 0 Å². The third-order valence-corrected chi connectivity index (χ3v) is 4.03. The van der Waals surface area contributed by atoms with Gasteiger partial charge in [0.05, 0.1) is 6.54 Å². The Hall–Kier alpha value is -1.95. The molecule has 1 aromatic heterocycles. The van der Waals surface area contributed by atoms with Gasteiger partial charge in [0.25, 0.3) is 0 Å².